The van der Waals surface area contributed by atoms with Gasteiger partial charge < -0.3 is 0 Å². The van der Waals surface area contributed by atoms with Crippen LogP contribution < -0.4 is 0 Å². The summed E-state index contributed by atoms with van der Waals surface area (Å²) in [6.07, 6.45) is 1.83. The molecule has 0 atom stereocenters. The number of halogens is 1. The SMILES string of the molecule is CC(=O)c1c(-c2ccc(Cl)cc2)nn2ccccc12. The van der Waals surface area contributed by atoms with Gasteiger partial charge in [0.2, 0.25) is 0 Å². The molecule has 0 N–H and O–H groups in total. The quantitative estimate of drug-likeness (QED) is 0.663. The minimum absolute atomic E-state index is 0.00569. The first-order chi connectivity index (χ1) is 9.16. The third-order valence-electron chi connectivity index (χ3n) is 3.01. The Kier molecular flexibility index (Phi) is 2.84. The van der Waals surface area contributed by atoms with Crippen LogP contribution in [-0.4, -0.2) is 15.4 Å². The van der Waals surface area contributed by atoms with Crippen molar-refractivity contribution >= 4 is 22.9 Å². The predicted molar refractivity (Wildman–Crippen MR) is 75.6 cm³/mol. The standard InChI is InChI=1S/C15H11ClN2O/c1-10(19)14-13-4-2-3-9-18(13)17-15(14)11-5-7-12(16)8-6-11/h2-9H,1H3. The molecule has 3 nitrogen and oxygen atoms in total. The molecule has 0 spiro atoms. The van der Waals surface area contributed by atoms with Gasteiger partial charge in [-0.1, -0.05) is 29.8 Å². The van der Waals surface area contributed by atoms with E-state index in [1.165, 1.54) is 0 Å². The van der Waals surface area contributed by atoms with E-state index in [4.69, 9.17) is 11.6 Å². The molecule has 4 heteroatoms. The topological polar surface area (TPSA) is 34.4 Å². The Bertz CT molecular complexity index is 759. The summed E-state index contributed by atoms with van der Waals surface area (Å²) >= 11 is 5.89. The molecule has 3 rings (SSSR count). The van der Waals surface area contributed by atoms with Gasteiger partial charge in [-0.3, -0.25) is 4.79 Å². The van der Waals surface area contributed by atoms with E-state index in [-0.39, 0.29) is 5.78 Å². The van der Waals surface area contributed by atoms with Crippen LogP contribution in [0.1, 0.15) is 17.3 Å². The molecule has 1 aromatic carbocycles. The molecule has 0 aliphatic carbocycles. The molecule has 3 aromatic rings. The fourth-order valence-electron chi connectivity index (χ4n) is 2.16. The lowest BCUT2D eigenvalue weighted by molar-refractivity contribution is 0.102. The zero-order valence-corrected chi connectivity index (χ0v) is 11.1. The molecule has 0 amide bonds. The summed E-state index contributed by atoms with van der Waals surface area (Å²) in [5, 5.41) is 5.15. The first-order valence-electron chi connectivity index (χ1n) is 5.91. The molecule has 0 saturated heterocycles. The Morgan fingerprint density at radius 2 is 1.89 bits per heavy atom. The molecule has 0 aliphatic heterocycles. The van der Waals surface area contributed by atoms with Gasteiger partial charge in [0.1, 0.15) is 5.69 Å². The van der Waals surface area contributed by atoms with E-state index >= 15 is 0 Å². The third kappa shape index (κ3) is 2.02. The first kappa shape index (κ1) is 11.9. The smallest absolute Gasteiger partial charge is 0.164 e. The van der Waals surface area contributed by atoms with E-state index < -0.39 is 0 Å². The van der Waals surface area contributed by atoms with E-state index in [2.05, 4.69) is 5.10 Å². The van der Waals surface area contributed by atoms with Gasteiger partial charge in [-0.05, 0) is 31.2 Å². The minimum atomic E-state index is 0.00569. The highest BCUT2D eigenvalue weighted by Gasteiger charge is 2.17. The normalized spacial score (nSPS) is 10.8. The zero-order chi connectivity index (χ0) is 13.4. The summed E-state index contributed by atoms with van der Waals surface area (Å²) in [5.41, 5.74) is 3.04. The lowest BCUT2D eigenvalue weighted by Gasteiger charge is -1.99. The number of ketones is 1. The summed E-state index contributed by atoms with van der Waals surface area (Å²) in [6.45, 7) is 1.56. The van der Waals surface area contributed by atoms with Crippen LogP contribution in [0.4, 0.5) is 0 Å². The van der Waals surface area contributed by atoms with Crippen LogP contribution in [0.25, 0.3) is 16.8 Å². The highest BCUT2D eigenvalue weighted by molar-refractivity contribution is 6.30. The number of carbonyl (C=O) groups excluding carboxylic acids is 1. The highest BCUT2D eigenvalue weighted by atomic mass is 35.5. The number of Topliss-reactive ketones (excluding diaryl/α,β-unsaturated/α-hetero) is 1. The summed E-state index contributed by atoms with van der Waals surface area (Å²) in [6, 6.07) is 13.0. The van der Waals surface area contributed by atoms with E-state index in [1.807, 2.05) is 36.5 Å². The van der Waals surface area contributed by atoms with Crippen molar-refractivity contribution in [1.29, 1.82) is 0 Å². The number of pyridine rings is 1. The molecule has 0 fully saturated rings. The van der Waals surface area contributed by atoms with Crippen LogP contribution in [-0.2, 0) is 0 Å². The van der Waals surface area contributed by atoms with Crippen molar-refractivity contribution in [3.8, 4) is 11.3 Å². The lowest BCUT2D eigenvalue weighted by atomic mass is 10.0. The van der Waals surface area contributed by atoms with Crippen molar-refractivity contribution in [2.24, 2.45) is 0 Å². The molecule has 0 aliphatic rings. The molecule has 2 aromatic heterocycles. The average molecular weight is 271 g/mol. The first-order valence-corrected chi connectivity index (χ1v) is 6.29. The second-order valence-electron chi connectivity index (χ2n) is 4.32. The summed E-state index contributed by atoms with van der Waals surface area (Å²) in [4.78, 5) is 11.9. The van der Waals surface area contributed by atoms with Crippen LogP contribution >= 0.6 is 11.6 Å². The fourth-order valence-corrected chi connectivity index (χ4v) is 2.28. The molecular formula is C15H11ClN2O. The second kappa shape index (κ2) is 4.52. The Hall–Kier alpha value is -2.13. The van der Waals surface area contributed by atoms with Gasteiger partial charge >= 0.3 is 0 Å². The zero-order valence-electron chi connectivity index (χ0n) is 10.3. The van der Waals surface area contributed by atoms with Gasteiger partial charge in [-0.2, -0.15) is 5.10 Å². The van der Waals surface area contributed by atoms with Crippen LogP contribution in [0, 0.1) is 0 Å². The second-order valence-corrected chi connectivity index (χ2v) is 4.75. The number of benzene rings is 1. The summed E-state index contributed by atoms with van der Waals surface area (Å²) in [5.74, 6) is 0.00569. The maximum Gasteiger partial charge on any atom is 0.164 e. The maximum atomic E-state index is 11.9. The molecule has 0 bridgehead atoms. The van der Waals surface area contributed by atoms with Crippen molar-refractivity contribution in [2.75, 3.05) is 0 Å². The highest BCUT2D eigenvalue weighted by Crippen LogP contribution is 2.27. The van der Waals surface area contributed by atoms with Crippen molar-refractivity contribution < 1.29 is 4.79 Å². The van der Waals surface area contributed by atoms with E-state index in [0.29, 0.717) is 16.3 Å². The number of nitrogens with zero attached hydrogens (tertiary/aromatic N) is 2. The molecule has 0 unspecified atom stereocenters. The van der Waals surface area contributed by atoms with Crippen molar-refractivity contribution in [1.82, 2.24) is 9.61 Å². The number of rotatable bonds is 2. The predicted octanol–water partition coefficient (Wildman–Crippen LogP) is 3.86. The summed E-state index contributed by atoms with van der Waals surface area (Å²) in [7, 11) is 0. The Morgan fingerprint density at radius 3 is 2.58 bits per heavy atom. The molecule has 2 heterocycles. The number of hydrogen-bond acceptors (Lipinski definition) is 2. The van der Waals surface area contributed by atoms with E-state index in [1.54, 1.807) is 23.6 Å². The van der Waals surface area contributed by atoms with Gasteiger partial charge in [0.25, 0.3) is 0 Å². The average Bonchev–Trinajstić information content (AvgIpc) is 2.78. The van der Waals surface area contributed by atoms with Gasteiger partial charge in [0.05, 0.1) is 11.1 Å². The summed E-state index contributed by atoms with van der Waals surface area (Å²) < 4.78 is 1.72. The van der Waals surface area contributed by atoms with Crippen LogP contribution in [0.3, 0.4) is 0 Å². The van der Waals surface area contributed by atoms with E-state index in [0.717, 1.165) is 11.1 Å². The number of hydrogen-bond donors (Lipinski definition) is 0. The number of carbonyl (C=O) groups is 1. The number of fused-ring (bicyclic) bond motifs is 1. The molecule has 19 heavy (non-hydrogen) atoms. The third-order valence-corrected chi connectivity index (χ3v) is 3.26. The van der Waals surface area contributed by atoms with Gasteiger partial charge in [0.15, 0.2) is 5.78 Å². The monoisotopic (exact) mass is 270 g/mol. The van der Waals surface area contributed by atoms with Crippen LogP contribution in [0.15, 0.2) is 48.7 Å². The molecule has 94 valence electrons. The Balaban J connectivity index is 2.31. The van der Waals surface area contributed by atoms with Gasteiger partial charge in [0, 0.05) is 16.8 Å². The van der Waals surface area contributed by atoms with Crippen molar-refractivity contribution in [3.63, 3.8) is 0 Å². The fraction of sp³-hybridized carbons (Fsp3) is 0.0667. The minimum Gasteiger partial charge on any atom is -0.294 e. The lowest BCUT2D eigenvalue weighted by Crippen LogP contribution is -1.94. The number of aromatic nitrogens is 2. The van der Waals surface area contributed by atoms with Gasteiger partial charge in [-0.15, -0.1) is 0 Å². The molecule has 0 saturated carbocycles. The largest absolute Gasteiger partial charge is 0.294 e. The van der Waals surface area contributed by atoms with Gasteiger partial charge in [-0.25, -0.2) is 4.52 Å². The Morgan fingerprint density at radius 1 is 1.16 bits per heavy atom. The van der Waals surface area contributed by atoms with Crippen LogP contribution in [0.2, 0.25) is 5.02 Å². The van der Waals surface area contributed by atoms with Crippen molar-refractivity contribution in [3.05, 3.63) is 59.2 Å². The Labute approximate surface area is 115 Å². The molecule has 0 radical (unpaired) electrons. The maximum absolute atomic E-state index is 11.9. The van der Waals surface area contributed by atoms with Crippen molar-refractivity contribution in [2.45, 2.75) is 6.92 Å². The van der Waals surface area contributed by atoms with E-state index in [9.17, 15) is 4.79 Å². The molecular weight excluding hydrogens is 260 g/mol. The van der Waals surface area contributed by atoms with Crippen LogP contribution in [0.5, 0.6) is 0 Å².